The summed E-state index contributed by atoms with van der Waals surface area (Å²) in [5.41, 5.74) is 2.47. The number of nitrogens with zero attached hydrogens (tertiary/aromatic N) is 1. The molecule has 3 rings (SSSR count). The summed E-state index contributed by atoms with van der Waals surface area (Å²) in [5.74, 6) is 0. The third-order valence-corrected chi connectivity index (χ3v) is 5.28. The second-order valence-corrected chi connectivity index (χ2v) is 6.95. The summed E-state index contributed by atoms with van der Waals surface area (Å²) in [6.07, 6.45) is 2.33. The maximum Gasteiger partial charge on any atom is 0.0595 e. The summed E-state index contributed by atoms with van der Waals surface area (Å²) in [5, 5.41) is 11.2. The molecule has 1 fully saturated rings. The molecule has 1 N–H and O–H groups in total. The van der Waals surface area contributed by atoms with Crippen LogP contribution >= 0.6 is 23.2 Å². The van der Waals surface area contributed by atoms with Crippen molar-refractivity contribution in [2.24, 2.45) is 0 Å². The van der Waals surface area contributed by atoms with E-state index >= 15 is 0 Å². The third kappa shape index (κ3) is 4.27. The third-order valence-electron chi connectivity index (χ3n) is 4.54. The lowest BCUT2D eigenvalue weighted by Gasteiger charge is -2.38. The Balaban J connectivity index is 1.75. The molecule has 1 heterocycles. The number of hydrogen-bond acceptors (Lipinski definition) is 2. The predicted octanol–water partition coefficient (Wildman–Crippen LogP) is 4.73. The fraction of sp³-hybridized carbons (Fsp3) is 0.368. The van der Waals surface area contributed by atoms with Crippen molar-refractivity contribution in [3.05, 3.63) is 69.7 Å². The van der Waals surface area contributed by atoms with Gasteiger partial charge in [0.1, 0.15) is 0 Å². The van der Waals surface area contributed by atoms with E-state index in [4.69, 9.17) is 23.2 Å². The van der Waals surface area contributed by atoms with Crippen LogP contribution < -0.4 is 0 Å². The number of aliphatic hydroxyl groups excluding tert-OH is 1. The zero-order valence-electron chi connectivity index (χ0n) is 13.0. The van der Waals surface area contributed by atoms with Crippen molar-refractivity contribution in [2.75, 3.05) is 13.1 Å². The van der Waals surface area contributed by atoms with Crippen molar-refractivity contribution in [1.82, 2.24) is 4.90 Å². The Labute approximate surface area is 147 Å². The average molecular weight is 350 g/mol. The minimum atomic E-state index is -0.248. The van der Waals surface area contributed by atoms with Gasteiger partial charge in [-0.05, 0) is 42.5 Å². The molecule has 2 nitrogen and oxygen atoms in total. The molecule has 0 aliphatic carbocycles. The number of benzene rings is 2. The number of aliphatic hydroxyl groups is 1. The first-order valence-electron chi connectivity index (χ1n) is 8.04. The highest BCUT2D eigenvalue weighted by molar-refractivity contribution is 6.42. The molecule has 122 valence electrons. The van der Waals surface area contributed by atoms with Crippen LogP contribution in [0, 0.1) is 0 Å². The van der Waals surface area contributed by atoms with Gasteiger partial charge in [-0.15, -0.1) is 0 Å². The minimum absolute atomic E-state index is 0.192. The molecule has 2 atom stereocenters. The Bertz CT molecular complexity index is 647. The molecule has 0 spiro atoms. The Hall–Kier alpha value is -1.06. The van der Waals surface area contributed by atoms with Crippen LogP contribution in [0.15, 0.2) is 48.5 Å². The quantitative estimate of drug-likeness (QED) is 0.861. The van der Waals surface area contributed by atoms with Crippen LogP contribution in [-0.4, -0.2) is 29.2 Å². The summed E-state index contributed by atoms with van der Waals surface area (Å²) < 4.78 is 0. The smallest absolute Gasteiger partial charge is 0.0595 e. The van der Waals surface area contributed by atoms with Gasteiger partial charge in [0.15, 0.2) is 0 Å². The molecule has 2 unspecified atom stereocenters. The summed E-state index contributed by atoms with van der Waals surface area (Å²) >= 11 is 12.2. The van der Waals surface area contributed by atoms with Gasteiger partial charge < -0.3 is 5.11 Å². The van der Waals surface area contributed by atoms with Crippen LogP contribution in [0.2, 0.25) is 10.0 Å². The summed E-state index contributed by atoms with van der Waals surface area (Å²) in [6, 6.07) is 16.5. The van der Waals surface area contributed by atoms with Crippen LogP contribution in [0.25, 0.3) is 0 Å². The molecule has 1 aliphatic rings. The van der Waals surface area contributed by atoms with Gasteiger partial charge in [-0.1, -0.05) is 59.6 Å². The second-order valence-electron chi connectivity index (χ2n) is 6.14. The molecule has 1 aliphatic heterocycles. The standard InChI is InChI=1S/C19H21Cl2NO/c20-17-7-6-15(12-18(17)21)19-13-16(23)9-11-22(19)10-8-14-4-2-1-3-5-14/h1-7,12,16,19,23H,8-11,13H2. The highest BCUT2D eigenvalue weighted by Gasteiger charge is 2.28. The van der Waals surface area contributed by atoms with Crippen LogP contribution in [0.5, 0.6) is 0 Å². The zero-order valence-corrected chi connectivity index (χ0v) is 14.5. The fourth-order valence-electron chi connectivity index (χ4n) is 3.25. The van der Waals surface area contributed by atoms with E-state index in [-0.39, 0.29) is 12.1 Å². The van der Waals surface area contributed by atoms with E-state index in [9.17, 15) is 5.11 Å². The lowest BCUT2D eigenvalue weighted by Crippen LogP contribution is -2.39. The van der Waals surface area contributed by atoms with Crippen LogP contribution in [0.1, 0.15) is 30.0 Å². The fourth-order valence-corrected chi connectivity index (χ4v) is 3.55. The van der Waals surface area contributed by atoms with Crippen molar-refractivity contribution >= 4 is 23.2 Å². The van der Waals surface area contributed by atoms with E-state index in [1.807, 2.05) is 24.3 Å². The van der Waals surface area contributed by atoms with Gasteiger partial charge in [0, 0.05) is 19.1 Å². The molecule has 1 saturated heterocycles. The van der Waals surface area contributed by atoms with Crippen molar-refractivity contribution < 1.29 is 5.11 Å². The lowest BCUT2D eigenvalue weighted by molar-refractivity contribution is 0.0414. The largest absolute Gasteiger partial charge is 0.393 e. The summed E-state index contributed by atoms with van der Waals surface area (Å²) in [4.78, 5) is 2.44. The topological polar surface area (TPSA) is 23.5 Å². The molecular formula is C19H21Cl2NO. The predicted molar refractivity (Wildman–Crippen MR) is 96.2 cm³/mol. The van der Waals surface area contributed by atoms with Crippen molar-refractivity contribution in [2.45, 2.75) is 31.4 Å². The first-order chi connectivity index (χ1) is 11.1. The summed E-state index contributed by atoms with van der Waals surface area (Å²) in [6.45, 7) is 1.88. The molecule has 0 amide bonds. The number of likely N-dealkylation sites (tertiary alicyclic amines) is 1. The molecule has 0 radical (unpaired) electrons. The Morgan fingerprint density at radius 3 is 2.57 bits per heavy atom. The zero-order chi connectivity index (χ0) is 16.2. The highest BCUT2D eigenvalue weighted by Crippen LogP contribution is 2.34. The molecule has 2 aromatic rings. The molecule has 4 heteroatoms. The average Bonchev–Trinajstić information content (AvgIpc) is 2.57. The number of halogens is 2. The van der Waals surface area contributed by atoms with Crippen LogP contribution in [-0.2, 0) is 6.42 Å². The van der Waals surface area contributed by atoms with E-state index in [1.54, 1.807) is 0 Å². The Morgan fingerprint density at radius 2 is 1.83 bits per heavy atom. The normalized spacial score (nSPS) is 22.2. The van der Waals surface area contributed by atoms with E-state index in [1.165, 1.54) is 5.56 Å². The van der Waals surface area contributed by atoms with Gasteiger partial charge in [0.2, 0.25) is 0 Å². The molecular weight excluding hydrogens is 329 g/mol. The van der Waals surface area contributed by atoms with Gasteiger partial charge in [0.05, 0.1) is 16.1 Å². The van der Waals surface area contributed by atoms with Crippen molar-refractivity contribution in [1.29, 1.82) is 0 Å². The van der Waals surface area contributed by atoms with Gasteiger partial charge in [0.25, 0.3) is 0 Å². The van der Waals surface area contributed by atoms with Crippen LogP contribution in [0.4, 0.5) is 0 Å². The molecule has 0 bridgehead atoms. The first kappa shape index (κ1) is 16.8. The number of piperidine rings is 1. The van der Waals surface area contributed by atoms with E-state index < -0.39 is 0 Å². The van der Waals surface area contributed by atoms with Crippen LogP contribution in [0.3, 0.4) is 0 Å². The van der Waals surface area contributed by atoms with E-state index in [2.05, 4.69) is 29.2 Å². The number of rotatable bonds is 4. The first-order valence-corrected chi connectivity index (χ1v) is 8.80. The van der Waals surface area contributed by atoms with Gasteiger partial charge in [-0.2, -0.15) is 0 Å². The summed E-state index contributed by atoms with van der Waals surface area (Å²) in [7, 11) is 0. The second kappa shape index (κ2) is 7.67. The maximum atomic E-state index is 10.1. The molecule has 0 saturated carbocycles. The van der Waals surface area contributed by atoms with Gasteiger partial charge >= 0.3 is 0 Å². The minimum Gasteiger partial charge on any atom is -0.393 e. The molecule has 0 aromatic heterocycles. The maximum absolute atomic E-state index is 10.1. The number of hydrogen-bond donors (Lipinski definition) is 1. The lowest BCUT2D eigenvalue weighted by atomic mass is 9.93. The van der Waals surface area contributed by atoms with Crippen molar-refractivity contribution in [3.63, 3.8) is 0 Å². The highest BCUT2D eigenvalue weighted by atomic mass is 35.5. The molecule has 2 aromatic carbocycles. The van der Waals surface area contributed by atoms with Crippen molar-refractivity contribution in [3.8, 4) is 0 Å². The Morgan fingerprint density at radius 1 is 1.04 bits per heavy atom. The van der Waals surface area contributed by atoms with Gasteiger partial charge in [-0.3, -0.25) is 4.90 Å². The SMILES string of the molecule is OC1CCN(CCc2ccccc2)C(c2ccc(Cl)c(Cl)c2)C1. The molecule has 23 heavy (non-hydrogen) atoms. The Kier molecular flexibility index (Phi) is 5.60. The monoisotopic (exact) mass is 349 g/mol. The van der Waals surface area contributed by atoms with E-state index in [0.29, 0.717) is 10.0 Å². The van der Waals surface area contributed by atoms with Gasteiger partial charge in [-0.25, -0.2) is 0 Å². The van der Waals surface area contributed by atoms with E-state index in [0.717, 1.165) is 37.9 Å².